The summed E-state index contributed by atoms with van der Waals surface area (Å²) in [5.41, 5.74) is 1.60. The van der Waals surface area contributed by atoms with Crippen molar-refractivity contribution in [3.05, 3.63) is 52.2 Å². The summed E-state index contributed by atoms with van der Waals surface area (Å²) in [5, 5.41) is 20.0. The van der Waals surface area contributed by atoms with Gasteiger partial charge in [-0.05, 0) is 18.2 Å². The van der Waals surface area contributed by atoms with E-state index in [1.807, 2.05) is 6.07 Å². The Labute approximate surface area is 101 Å². The summed E-state index contributed by atoms with van der Waals surface area (Å²) in [4.78, 5) is 14.9. The molecule has 0 aliphatic carbocycles. The minimum absolute atomic E-state index is 0.109. The third-order valence-corrected chi connectivity index (χ3v) is 2.71. The molecule has 6 heteroatoms. The van der Waals surface area contributed by atoms with Gasteiger partial charge < -0.3 is 0 Å². The topological polar surface area (TPSA) is 84.2 Å². The van der Waals surface area contributed by atoms with Crippen LogP contribution in [0.25, 0.3) is 16.7 Å². The normalized spacial score (nSPS) is 10.6. The number of rotatable bonds is 1. The summed E-state index contributed by atoms with van der Waals surface area (Å²) in [7, 11) is 0. The quantitative estimate of drug-likeness (QED) is 0.480. The summed E-state index contributed by atoms with van der Waals surface area (Å²) >= 11 is 0. The first-order valence-corrected chi connectivity index (χ1v) is 5.16. The van der Waals surface area contributed by atoms with Gasteiger partial charge in [-0.15, -0.1) is 0 Å². The van der Waals surface area contributed by atoms with Crippen LogP contribution in [-0.2, 0) is 0 Å². The molecule has 0 unspecified atom stereocenters. The van der Waals surface area contributed by atoms with Crippen LogP contribution in [0.3, 0.4) is 0 Å². The van der Waals surface area contributed by atoms with Gasteiger partial charge in [0.1, 0.15) is 5.65 Å². The Kier molecular flexibility index (Phi) is 2.01. The minimum Gasteiger partial charge on any atom is -0.294 e. The van der Waals surface area contributed by atoms with Crippen molar-refractivity contribution in [2.45, 2.75) is 0 Å². The molecule has 0 bridgehead atoms. The fraction of sp³-hybridized carbons (Fsp3) is 0. The molecule has 6 nitrogen and oxygen atoms in total. The summed E-state index contributed by atoms with van der Waals surface area (Å²) in [5.74, 6) is 0. The van der Waals surface area contributed by atoms with Crippen LogP contribution in [-0.4, -0.2) is 14.3 Å². The Bertz CT molecular complexity index is 829. The molecule has 3 aromatic rings. The van der Waals surface area contributed by atoms with Crippen LogP contribution >= 0.6 is 0 Å². The van der Waals surface area contributed by atoms with Crippen LogP contribution in [0.5, 0.6) is 0 Å². The van der Waals surface area contributed by atoms with E-state index in [0.29, 0.717) is 16.7 Å². The van der Waals surface area contributed by atoms with Gasteiger partial charge in [0.05, 0.1) is 22.1 Å². The Balaban J connectivity index is 2.56. The van der Waals surface area contributed by atoms with E-state index >= 15 is 0 Å². The van der Waals surface area contributed by atoms with Crippen molar-refractivity contribution in [3.63, 3.8) is 0 Å². The number of nitro benzene ring substituents is 1. The predicted octanol–water partition coefficient (Wildman–Crippen LogP) is 2.27. The molecule has 3 rings (SSSR count). The fourth-order valence-electron chi connectivity index (χ4n) is 1.98. The Morgan fingerprint density at radius 1 is 1.39 bits per heavy atom. The molecule has 0 spiro atoms. The van der Waals surface area contributed by atoms with Crippen LogP contribution in [0.2, 0.25) is 0 Å². The van der Waals surface area contributed by atoms with Gasteiger partial charge in [0.2, 0.25) is 0 Å². The van der Waals surface area contributed by atoms with Gasteiger partial charge in [-0.2, -0.15) is 5.26 Å². The lowest BCUT2D eigenvalue weighted by atomic mass is 10.2. The number of pyridine rings is 1. The van der Waals surface area contributed by atoms with Crippen LogP contribution in [0.4, 0.5) is 5.69 Å². The van der Waals surface area contributed by atoms with E-state index in [9.17, 15) is 10.1 Å². The highest BCUT2D eigenvalue weighted by Gasteiger charge is 2.18. The number of nitro groups is 1. The number of aromatic nitrogens is 2. The van der Waals surface area contributed by atoms with Gasteiger partial charge in [0, 0.05) is 12.3 Å². The smallest absolute Gasteiger partial charge is 0.294 e. The van der Waals surface area contributed by atoms with Crippen LogP contribution < -0.4 is 0 Å². The third-order valence-electron chi connectivity index (χ3n) is 2.71. The highest BCUT2D eigenvalue weighted by Crippen LogP contribution is 2.27. The Hall–Kier alpha value is -2.94. The second-order valence-electron chi connectivity index (χ2n) is 3.77. The zero-order valence-electron chi connectivity index (χ0n) is 9.07. The lowest BCUT2D eigenvalue weighted by Gasteiger charge is -1.97. The predicted molar refractivity (Wildman–Crippen MR) is 64.1 cm³/mol. The monoisotopic (exact) mass is 238 g/mol. The first-order chi connectivity index (χ1) is 8.70. The molecule has 0 saturated heterocycles. The molecule has 0 radical (unpaired) electrons. The van der Waals surface area contributed by atoms with Crippen molar-refractivity contribution in [3.8, 4) is 6.07 Å². The average molecular weight is 238 g/mol. The second kappa shape index (κ2) is 3.53. The van der Waals surface area contributed by atoms with Crippen LogP contribution in [0.15, 0.2) is 36.5 Å². The van der Waals surface area contributed by atoms with Crippen molar-refractivity contribution < 1.29 is 4.92 Å². The van der Waals surface area contributed by atoms with Crippen molar-refractivity contribution in [1.82, 2.24) is 9.38 Å². The maximum Gasteiger partial charge on any atom is 0.296 e. The molecule has 0 saturated carbocycles. The van der Waals surface area contributed by atoms with Crippen LogP contribution in [0.1, 0.15) is 5.56 Å². The SMILES string of the molecule is N#Cc1cc([N+](=O)[O-])c2c(c1)nc1ccccn12. The molecule has 86 valence electrons. The summed E-state index contributed by atoms with van der Waals surface area (Å²) < 4.78 is 1.65. The Morgan fingerprint density at radius 2 is 2.22 bits per heavy atom. The molecule has 0 aliphatic heterocycles. The maximum absolute atomic E-state index is 11.1. The molecular weight excluding hydrogens is 232 g/mol. The molecule has 1 aromatic carbocycles. The van der Waals surface area contributed by atoms with Gasteiger partial charge in [0.25, 0.3) is 5.69 Å². The number of benzene rings is 1. The summed E-state index contributed by atoms with van der Waals surface area (Å²) in [6.45, 7) is 0. The molecule has 0 atom stereocenters. The molecule has 18 heavy (non-hydrogen) atoms. The van der Waals surface area contributed by atoms with Gasteiger partial charge in [-0.25, -0.2) is 4.98 Å². The van der Waals surface area contributed by atoms with E-state index in [1.54, 1.807) is 34.9 Å². The fourth-order valence-corrected chi connectivity index (χ4v) is 1.98. The largest absolute Gasteiger partial charge is 0.296 e. The van der Waals surface area contributed by atoms with E-state index in [0.717, 1.165) is 0 Å². The molecule has 2 aromatic heterocycles. The number of hydrogen-bond donors (Lipinski definition) is 0. The standard InChI is InChI=1S/C12H6N4O2/c13-7-8-5-9-12(10(6-8)16(17)18)15-4-2-1-3-11(15)14-9/h1-6H. The lowest BCUT2D eigenvalue weighted by Crippen LogP contribution is -1.93. The van der Waals surface area contributed by atoms with Gasteiger partial charge in [-0.1, -0.05) is 6.07 Å². The van der Waals surface area contributed by atoms with E-state index in [2.05, 4.69) is 4.98 Å². The highest BCUT2D eigenvalue weighted by atomic mass is 16.6. The minimum atomic E-state index is -0.496. The van der Waals surface area contributed by atoms with Crippen molar-refractivity contribution >= 4 is 22.4 Å². The number of nitriles is 1. The first-order valence-electron chi connectivity index (χ1n) is 5.16. The van der Waals surface area contributed by atoms with E-state index in [4.69, 9.17) is 5.26 Å². The maximum atomic E-state index is 11.1. The third kappa shape index (κ3) is 1.31. The lowest BCUT2D eigenvalue weighted by molar-refractivity contribution is -0.383. The van der Waals surface area contributed by atoms with Crippen LogP contribution in [0, 0.1) is 21.4 Å². The first kappa shape index (κ1) is 10.2. The summed E-state index contributed by atoms with van der Waals surface area (Å²) in [6, 6.07) is 10.1. The van der Waals surface area contributed by atoms with E-state index in [-0.39, 0.29) is 11.3 Å². The number of fused-ring (bicyclic) bond motifs is 3. The molecular formula is C12H6N4O2. The Morgan fingerprint density at radius 3 is 2.94 bits per heavy atom. The zero-order valence-corrected chi connectivity index (χ0v) is 9.07. The van der Waals surface area contributed by atoms with E-state index < -0.39 is 4.92 Å². The van der Waals surface area contributed by atoms with Gasteiger partial charge in [0.15, 0.2) is 5.52 Å². The number of imidazole rings is 1. The molecule has 0 fully saturated rings. The molecule has 0 amide bonds. The highest BCUT2D eigenvalue weighted by molar-refractivity contribution is 5.89. The molecule has 2 heterocycles. The van der Waals surface area contributed by atoms with Crippen molar-refractivity contribution in [2.24, 2.45) is 0 Å². The van der Waals surface area contributed by atoms with Gasteiger partial charge in [-0.3, -0.25) is 14.5 Å². The number of hydrogen-bond acceptors (Lipinski definition) is 4. The molecule has 0 aliphatic rings. The summed E-state index contributed by atoms with van der Waals surface area (Å²) in [6.07, 6.45) is 1.71. The average Bonchev–Trinajstić information content (AvgIpc) is 2.75. The second-order valence-corrected chi connectivity index (χ2v) is 3.77. The van der Waals surface area contributed by atoms with Gasteiger partial charge >= 0.3 is 0 Å². The molecule has 0 N–H and O–H groups in total. The van der Waals surface area contributed by atoms with Crippen molar-refractivity contribution in [2.75, 3.05) is 0 Å². The number of nitrogens with zero attached hydrogens (tertiary/aromatic N) is 4. The van der Waals surface area contributed by atoms with E-state index in [1.165, 1.54) is 6.07 Å². The van der Waals surface area contributed by atoms with Crippen molar-refractivity contribution in [1.29, 1.82) is 5.26 Å². The number of non-ortho nitro benzene ring substituents is 1. The zero-order chi connectivity index (χ0) is 12.7.